The lowest BCUT2D eigenvalue weighted by atomic mass is 10.2. The van der Waals surface area contributed by atoms with Gasteiger partial charge < -0.3 is 5.73 Å². The van der Waals surface area contributed by atoms with E-state index in [0.29, 0.717) is 6.42 Å². The molecule has 0 aliphatic carbocycles. The lowest BCUT2D eigenvalue weighted by Gasteiger charge is -1.97. The average molecular weight is 204 g/mol. The maximum atomic E-state index is 10.3. The Kier molecular flexibility index (Phi) is 2.61. The van der Waals surface area contributed by atoms with Crippen LogP contribution in [0.25, 0.3) is 10.1 Å². The van der Waals surface area contributed by atoms with Gasteiger partial charge in [-0.15, -0.1) is 11.3 Å². The van der Waals surface area contributed by atoms with Crippen molar-refractivity contribution in [3.8, 4) is 0 Å². The third kappa shape index (κ3) is 1.84. The minimum absolute atomic E-state index is 0.497. The van der Waals surface area contributed by atoms with Crippen molar-refractivity contribution in [1.29, 1.82) is 0 Å². The normalized spacial score (nSPS) is 12.9. The molecular formula is C11H10NOS. The van der Waals surface area contributed by atoms with Crippen LogP contribution in [0.4, 0.5) is 0 Å². The van der Waals surface area contributed by atoms with Crippen LogP contribution < -0.4 is 5.73 Å². The molecule has 2 aromatic rings. The topological polar surface area (TPSA) is 43.1 Å². The Labute approximate surface area is 86.3 Å². The molecule has 14 heavy (non-hydrogen) atoms. The van der Waals surface area contributed by atoms with E-state index >= 15 is 0 Å². The number of nitrogens with two attached hydrogens (primary N) is 1. The van der Waals surface area contributed by atoms with Crippen molar-refractivity contribution >= 4 is 27.7 Å². The fourth-order valence-electron chi connectivity index (χ4n) is 1.40. The summed E-state index contributed by atoms with van der Waals surface area (Å²) in [6.45, 7) is 0. The molecule has 0 amide bonds. The van der Waals surface area contributed by atoms with Gasteiger partial charge in [-0.3, -0.25) is 4.79 Å². The smallest absolute Gasteiger partial charge is 0.217 e. The number of thiophene rings is 1. The van der Waals surface area contributed by atoms with Crippen molar-refractivity contribution in [2.45, 2.75) is 12.5 Å². The summed E-state index contributed by atoms with van der Waals surface area (Å²) in [6.07, 6.45) is 2.38. The van der Waals surface area contributed by atoms with Crippen LogP contribution in [0, 0.1) is 0 Å². The summed E-state index contributed by atoms with van der Waals surface area (Å²) in [5.41, 5.74) is 5.51. The molecule has 1 aromatic carbocycles. The Morgan fingerprint density at radius 3 is 2.93 bits per heavy atom. The van der Waals surface area contributed by atoms with Crippen molar-refractivity contribution < 1.29 is 4.79 Å². The zero-order valence-electron chi connectivity index (χ0n) is 7.57. The highest BCUT2D eigenvalue weighted by Crippen LogP contribution is 2.25. The summed E-state index contributed by atoms with van der Waals surface area (Å²) in [5.74, 6) is 0. The van der Waals surface area contributed by atoms with Gasteiger partial charge >= 0.3 is 0 Å². The Balaban J connectivity index is 2.31. The second-order valence-corrected chi connectivity index (χ2v) is 4.35. The molecule has 0 aliphatic heterocycles. The van der Waals surface area contributed by atoms with Crippen LogP contribution in [0.3, 0.4) is 0 Å². The molecule has 0 spiro atoms. The maximum absolute atomic E-state index is 10.3. The molecule has 3 heteroatoms. The van der Waals surface area contributed by atoms with E-state index in [0.717, 1.165) is 4.88 Å². The number of benzene rings is 1. The quantitative estimate of drug-likeness (QED) is 0.829. The molecule has 71 valence electrons. The van der Waals surface area contributed by atoms with E-state index in [-0.39, 0.29) is 0 Å². The first-order chi connectivity index (χ1) is 6.79. The first-order valence-electron chi connectivity index (χ1n) is 4.40. The summed E-state index contributed by atoms with van der Waals surface area (Å²) < 4.78 is 1.24. The van der Waals surface area contributed by atoms with Crippen LogP contribution in [0.5, 0.6) is 0 Å². The Hall–Kier alpha value is -1.19. The standard InChI is InChI=1S/C11H10NOS/c12-9(7-13)6-10-5-8-3-1-2-4-11(8)14-10/h1-5,9H,6,12H2. The summed E-state index contributed by atoms with van der Waals surface area (Å²) in [7, 11) is 0. The number of fused-ring (bicyclic) bond motifs is 1. The van der Waals surface area contributed by atoms with Crippen LogP contribution in [0.2, 0.25) is 0 Å². The highest BCUT2D eigenvalue weighted by Gasteiger charge is 2.06. The van der Waals surface area contributed by atoms with Gasteiger partial charge in [0.25, 0.3) is 0 Å². The van der Waals surface area contributed by atoms with Gasteiger partial charge in [-0.2, -0.15) is 0 Å². The predicted octanol–water partition coefficient (Wildman–Crippen LogP) is 1.88. The SMILES string of the molecule is NC([C]=O)Cc1cc2ccccc2s1. The molecule has 0 saturated carbocycles. The first kappa shape index (κ1) is 9.37. The second kappa shape index (κ2) is 3.90. The van der Waals surface area contributed by atoms with E-state index in [1.807, 2.05) is 12.1 Å². The van der Waals surface area contributed by atoms with Gasteiger partial charge in [0.2, 0.25) is 6.29 Å². The number of hydrogen-bond acceptors (Lipinski definition) is 3. The van der Waals surface area contributed by atoms with Gasteiger partial charge in [-0.1, -0.05) is 18.2 Å². The molecule has 2 nitrogen and oxygen atoms in total. The van der Waals surface area contributed by atoms with Gasteiger partial charge in [-0.05, 0) is 17.5 Å². The predicted molar refractivity (Wildman–Crippen MR) is 59.2 cm³/mol. The molecule has 1 unspecified atom stereocenters. The van der Waals surface area contributed by atoms with Gasteiger partial charge in [0.05, 0.1) is 6.04 Å². The lowest BCUT2D eigenvalue weighted by Crippen LogP contribution is -2.23. The number of rotatable bonds is 3. The molecule has 1 heterocycles. The average Bonchev–Trinajstić information content (AvgIpc) is 2.59. The van der Waals surface area contributed by atoms with Crippen molar-refractivity contribution in [3.63, 3.8) is 0 Å². The zero-order chi connectivity index (χ0) is 9.97. The molecule has 1 aromatic heterocycles. The van der Waals surface area contributed by atoms with Crippen molar-refractivity contribution in [1.82, 2.24) is 0 Å². The Morgan fingerprint density at radius 1 is 1.43 bits per heavy atom. The van der Waals surface area contributed by atoms with Crippen molar-refractivity contribution in [2.24, 2.45) is 5.73 Å². The number of carbonyl (C=O) groups excluding carboxylic acids is 1. The van der Waals surface area contributed by atoms with E-state index in [9.17, 15) is 4.79 Å². The largest absolute Gasteiger partial charge is 0.321 e. The third-order valence-corrected chi connectivity index (χ3v) is 3.19. The maximum Gasteiger partial charge on any atom is 0.217 e. The summed E-state index contributed by atoms with van der Waals surface area (Å²) in [5, 5.41) is 1.21. The number of hydrogen-bond donors (Lipinski definition) is 1. The molecule has 0 fully saturated rings. The van der Waals surface area contributed by atoms with Crippen LogP contribution in [0.15, 0.2) is 30.3 Å². The molecule has 2 N–H and O–H groups in total. The van der Waals surface area contributed by atoms with Crippen LogP contribution in [-0.4, -0.2) is 12.3 Å². The molecule has 1 atom stereocenters. The van der Waals surface area contributed by atoms with Crippen LogP contribution in [-0.2, 0) is 11.2 Å². The summed E-state index contributed by atoms with van der Waals surface area (Å²) >= 11 is 1.68. The molecule has 2 rings (SSSR count). The van der Waals surface area contributed by atoms with E-state index in [1.54, 1.807) is 17.6 Å². The van der Waals surface area contributed by atoms with Crippen LogP contribution >= 0.6 is 11.3 Å². The van der Waals surface area contributed by atoms with Gasteiger partial charge in [0.1, 0.15) is 0 Å². The van der Waals surface area contributed by atoms with E-state index in [2.05, 4.69) is 18.2 Å². The van der Waals surface area contributed by atoms with E-state index in [4.69, 9.17) is 5.73 Å². The first-order valence-corrected chi connectivity index (χ1v) is 5.22. The third-order valence-electron chi connectivity index (χ3n) is 2.05. The molecule has 0 bridgehead atoms. The Morgan fingerprint density at radius 2 is 2.21 bits per heavy atom. The summed E-state index contributed by atoms with van der Waals surface area (Å²) in [4.78, 5) is 11.4. The Bertz CT molecular complexity index is 416. The van der Waals surface area contributed by atoms with Gasteiger partial charge in [0.15, 0.2) is 0 Å². The van der Waals surface area contributed by atoms with E-state index in [1.165, 1.54) is 10.1 Å². The second-order valence-electron chi connectivity index (χ2n) is 3.18. The lowest BCUT2D eigenvalue weighted by molar-refractivity contribution is 0.541. The fraction of sp³-hybridized carbons (Fsp3) is 0.182. The molecular weight excluding hydrogens is 194 g/mol. The highest BCUT2D eigenvalue weighted by molar-refractivity contribution is 7.19. The van der Waals surface area contributed by atoms with Crippen molar-refractivity contribution in [2.75, 3.05) is 0 Å². The van der Waals surface area contributed by atoms with Gasteiger partial charge in [-0.25, -0.2) is 0 Å². The minimum atomic E-state index is -0.497. The highest BCUT2D eigenvalue weighted by atomic mass is 32.1. The van der Waals surface area contributed by atoms with Crippen molar-refractivity contribution in [3.05, 3.63) is 35.2 Å². The molecule has 1 radical (unpaired) electrons. The minimum Gasteiger partial charge on any atom is -0.321 e. The fourth-order valence-corrected chi connectivity index (χ4v) is 2.52. The van der Waals surface area contributed by atoms with E-state index < -0.39 is 6.04 Å². The zero-order valence-corrected chi connectivity index (χ0v) is 8.38. The summed E-state index contributed by atoms with van der Waals surface area (Å²) in [6, 6.07) is 9.73. The molecule has 0 aliphatic rings. The monoisotopic (exact) mass is 204 g/mol. The van der Waals surface area contributed by atoms with Crippen LogP contribution in [0.1, 0.15) is 4.88 Å². The van der Waals surface area contributed by atoms with Gasteiger partial charge in [0, 0.05) is 16.0 Å². The molecule has 0 saturated heterocycles.